The zero-order chi connectivity index (χ0) is 19.6. The number of nitrogens with zero attached hydrogens (tertiary/aromatic N) is 3. The highest BCUT2D eigenvalue weighted by molar-refractivity contribution is 6.35. The van der Waals surface area contributed by atoms with Gasteiger partial charge in [0.05, 0.1) is 0 Å². The summed E-state index contributed by atoms with van der Waals surface area (Å²) in [6.07, 6.45) is 1.49. The first-order chi connectivity index (χ1) is 12.9. The standard InChI is InChI=1S/C21H29N3O3/c1-15(2)19(25)22-10-8-18(9-11-22)24-13-12-23(20(26)21(24)27)14-17-6-4-16(3)5-7-17/h4-7,15,18H,8-14H2,1-3H3. The highest BCUT2D eigenvalue weighted by Crippen LogP contribution is 2.21. The number of carbonyl (C=O) groups excluding carboxylic acids is 3. The van der Waals surface area contributed by atoms with Crippen LogP contribution in [0.4, 0.5) is 0 Å². The number of likely N-dealkylation sites (tertiary alicyclic amines) is 1. The van der Waals surface area contributed by atoms with Crippen molar-refractivity contribution in [3.05, 3.63) is 35.4 Å². The SMILES string of the molecule is Cc1ccc(CN2CCN(C3CCN(C(=O)C(C)C)CC3)C(=O)C2=O)cc1. The maximum atomic E-state index is 12.7. The molecule has 0 radical (unpaired) electrons. The lowest BCUT2D eigenvalue weighted by Gasteiger charge is -2.42. The fourth-order valence-corrected chi connectivity index (χ4v) is 3.87. The molecule has 0 atom stereocenters. The second kappa shape index (κ2) is 8.11. The van der Waals surface area contributed by atoms with Crippen LogP contribution < -0.4 is 0 Å². The van der Waals surface area contributed by atoms with E-state index in [2.05, 4.69) is 0 Å². The van der Waals surface area contributed by atoms with E-state index in [1.54, 1.807) is 9.80 Å². The molecule has 3 amide bonds. The highest BCUT2D eigenvalue weighted by atomic mass is 16.2. The van der Waals surface area contributed by atoms with Crippen molar-refractivity contribution in [2.24, 2.45) is 5.92 Å². The number of aryl methyl sites for hydroxylation is 1. The maximum Gasteiger partial charge on any atom is 0.312 e. The van der Waals surface area contributed by atoms with Gasteiger partial charge in [-0.25, -0.2) is 0 Å². The van der Waals surface area contributed by atoms with E-state index in [1.807, 2.05) is 49.9 Å². The van der Waals surface area contributed by atoms with Crippen LogP contribution in [0.15, 0.2) is 24.3 Å². The average Bonchev–Trinajstić information content (AvgIpc) is 2.67. The Kier molecular flexibility index (Phi) is 5.82. The second-order valence-corrected chi connectivity index (χ2v) is 7.92. The minimum Gasteiger partial charge on any atom is -0.342 e. The van der Waals surface area contributed by atoms with Gasteiger partial charge in [0, 0.05) is 44.7 Å². The Labute approximate surface area is 161 Å². The van der Waals surface area contributed by atoms with Crippen LogP contribution in [0.25, 0.3) is 0 Å². The summed E-state index contributed by atoms with van der Waals surface area (Å²) in [7, 11) is 0. The normalized spacial score (nSPS) is 19.2. The third kappa shape index (κ3) is 4.31. The van der Waals surface area contributed by atoms with Crippen LogP contribution in [-0.4, -0.2) is 64.6 Å². The summed E-state index contributed by atoms with van der Waals surface area (Å²) < 4.78 is 0. The van der Waals surface area contributed by atoms with Crippen molar-refractivity contribution in [2.45, 2.75) is 46.2 Å². The number of hydrogen-bond acceptors (Lipinski definition) is 3. The van der Waals surface area contributed by atoms with Gasteiger partial charge >= 0.3 is 11.8 Å². The number of piperazine rings is 1. The summed E-state index contributed by atoms with van der Waals surface area (Å²) in [4.78, 5) is 42.6. The number of rotatable bonds is 4. The molecule has 0 bridgehead atoms. The average molecular weight is 371 g/mol. The lowest BCUT2D eigenvalue weighted by atomic mass is 10.0. The Balaban J connectivity index is 1.56. The van der Waals surface area contributed by atoms with E-state index in [-0.39, 0.29) is 17.9 Å². The monoisotopic (exact) mass is 371 g/mol. The number of carbonyl (C=O) groups is 3. The van der Waals surface area contributed by atoms with Crippen LogP contribution in [0, 0.1) is 12.8 Å². The molecule has 0 N–H and O–H groups in total. The molecule has 0 aromatic heterocycles. The van der Waals surface area contributed by atoms with Crippen molar-refractivity contribution in [2.75, 3.05) is 26.2 Å². The van der Waals surface area contributed by atoms with Crippen molar-refractivity contribution in [3.63, 3.8) is 0 Å². The Morgan fingerprint density at radius 3 is 2.22 bits per heavy atom. The van der Waals surface area contributed by atoms with Gasteiger partial charge in [0.15, 0.2) is 0 Å². The molecular formula is C21H29N3O3. The molecule has 0 spiro atoms. The Bertz CT molecular complexity index is 706. The van der Waals surface area contributed by atoms with Gasteiger partial charge in [-0.1, -0.05) is 43.7 Å². The topological polar surface area (TPSA) is 60.9 Å². The first kappa shape index (κ1) is 19.4. The van der Waals surface area contributed by atoms with E-state index in [4.69, 9.17) is 0 Å². The number of benzene rings is 1. The van der Waals surface area contributed by atoms with Crippen molar-refractivity contribution in [1.29, 1.82) is 0 Å². The number of piperidine rings is 1. The molecule has 2 saturated heterocycles. The van der Waals surface area contributed by atoms with Crippen molar-refractivity contribution < 1.29 is 14.4 Å². The predicted octanol–water partition coefficient (Wildman–Crippen LogP) is 1.81. The molecule has 1 aromatic carbocycles. The van der Waals surface area contributed by atoms with E-state index >= 15 is 0 Å². The van der Waals surface area contributed by atoms with E-state index in [0.29, 0.717) is 32.7 Å². The van der Waals surface area contributed by atoms with Crippen LogP contribution in [-0.2, 0) is 20.9 Å². The van der Waals surface area contributed by atoms with Gasteiger partial charge in [-0.05, 0) is 25.3 Å². The van der Waals surface area contributed by atoms with E-state index < -0.39 is 11.8 Å². The van der Waals surface area contributed by atoms with Crippen LogP contribution in [0.1, 0.15) is 37.8 Å². The second-order valence-electron chi connectivity index (χ2n) is 7.92. The first-order valence-electron chi connectivity index (χ1n) is 9.81. The molecule has 6 nitrogen and oxygen atoms in total. The number of hydrogen-bond donors (Lipinski definition) is 0. The van der Waals surface area contributed by atoms with E-state index in [1.165, 1.54) is 5.56 Å². The van der Waals surface area contributed by atoms with Crippen LogP contribution in [0.2, 0.25) is 0 Å². The molecular weight excluding hydrogens is 342 g/mol. The summed E-state index contributed by atoms with van der Waals surface area (Å²) in [5, 5.41) is 0. The van der Waals surface area contributed by atoms with E-state index in [9.17, 15) is 14.4 Å². The van der Waals surface area contributed by atoms with Crippen LogP contribution in [0.5, 0.6) is 0 Å². The van der Waals surface area contributed by atoms with Crippen LogP contribution in [0.3, 0.4) is 0 Å². The smallest absolute Gasteiger partial charge is 0.312 e. The van der Waals surface area contributed by atoms with Gasteiger partial charge < -0.3 is 14.7 Å². The Morgan fingerprint density at radius 2 is 1.63 bits per heavy atom. The molecule has 0 unspecified atom stereocenters. The third-order valence-corrected chi connectivity index (χ3v) is 5.55. The summed E-state index contributed by atoms with van der Waals surface area (Å²) in [6, 6.07) is 8.09. The van der Waals surface area contributed by atoms with Gasteiger partial charge in [0.2, 0.25) is 5.91 Å². The van der Waals surface area contributed by atoms with Gasteiger partial charge in [0.25, 0.3) is 0 Å². The molecule has 6 heteroatoms. The van der Waals surface area contributed by atoms with E-state index in [0.717, 1.165) is 18.4 Å². The summed E-state index contributed by atoms with van der Waals surface area (Å²) >= 11 is 0. The van der Waals surface area contributed by atoms with Gasteiger partial charge in [0.1, 0.15) is 0 Å². The molecule has 2 heterocycles. The van der Waals surface area contributed by atoms with Crippen molar-refractivity contribution >= 4 is 17.7 Å². The molecule has 2 aliphatic heterocycles. The number of amides is 3. The minimum absolute atomic E-state index is 0.00456. The molecule has 1 aromatic rings. The molecule has 0 aliphatic carbocycles. The quantitative estimate of drug-likeness (QED) is 0.759. The lowest BCUT2D eigenvalue weighted by Crippen LogP contribution is -2.59. The van der Waals surface area contributed by atoms with Crippen molar-refractivity contribution in [3.8, 4) is 0 Å². The molecule has 2 aliphatic rings. The fraction of sp³-hybridized carbons (Fsp3) is 0.571. The summed E-state index contributed by atoms with van der Waals surface area (Å²) in [5.74, 6) is -0.654. The van der Waals surface area contributed by atoms with Crippen molar-refractivity contribution in [1.82, 2.24) is 14.7 Å². The molecule has 2 fully saturated rings. The molecule has 146 valence electrons. The van der Waals surface area contributed by atoms with Gasteiger partial charge in [-0.2, -0.15) is 0 Å². The Morgan fingerprint density at radius 1 is 1.00 bits per heavy atom. The molecule has 3 rings (SSSR count). The lowest BCUT2D eigenvalue weighted by molar-refractivity contribution is -0.159. The fourth-order valence-electron chi connectivity index (χ4n) is 3.87. The minimum atomic E-state index is -0.414. The summed E-state index contributed by atoms with van der Waals surface area (Å²) in [6.45, 7) is 8.76. The Hall–Kier alpha value is -2.37. The highest BCUT2D eigenvalue weighted by Gasteiger charge is 2.38. The zero-order valence-electron chi connectivity index (χ0n) is 16.5. The largest absolute Gasteiger partial charge is 0.342 e. The summed E-state index contributed by atoms with van der Waals surface area (Å²) in [5.41, 5.74) is 2.21. The van der Waals surface area contributed by atoms with Gasteiger partial charge in [-0.3, -0.25) is 14.4 Å². The van der Waals surface area contributed by atoms with Crippen LogP contribution >= 0.6 is 0 Å². The third-order valence-electron chi connectivity index (χ3n) is 5.55. The maximum absolute atomic E-state index is 12.7. The first-order valence-corrected chi connectivity index (χ1v) is 9.81. The molecule has 27 heavy (non-hydrogen) atoms. The predicted molar refractivity (Wildman–Crippen MR) is 103 cm³/mol. The van der Waals surface area contributed by atoms with Gasteiger partial charge in [-0.15, -0.1) is 0 Å². The molecule has 0 saturated carbocycles. The zero-order valence-corrected chi connectivity index (χ0v) is 16.5.